The predicted octanol–water partition coefficient (Wildman–Crippen LogP) is -0.0282. The Labute approximate surface area is 125 Å². The Morgan fingerprint density at radius 1 is 1.14 bits per heavy atom. The number of hydrogen-bond acceptors (Lipinski definition) is 4. The number of hydrogen-bond donors (Lipinski definition) is 4. The number of rotatable bonds is 10. The number of carbonyl (C=O) groups excluding carboxylic acids is 1. The SMILES string of the molecule is CC(C)CC(CNC(=O)NCCNS(C)(=O)=O)CC(=O)O. The zero-order valence-corrected chi connectivity index (χ0v) is 13.5. The molecule has 0 aliphatic heterocycles. The molecule has 0 aromatic rings. The molecule has 21 heavy (non-hydrogen) atoms. The number of nitrogens with one attached hydrogen (secondary N) is 3. The van der Waals surface area contributed by atoms with Gasteiger partial charge in [-0.2, -0.15) is 0 Å². The topological polar surface area (TPSA) is 125 Å². The highest BCUT2D eigenvalue weighted by atomic mass is 32.2. The van der Waals surface area contributed by atoms with Crippen LogP contribution < -0.4 is 15.4 Å². The van der Waals surface area contributed by atoms with Gasteiger partial charge in [0, 0.05) is 26.1 Å². The van der Waals surface area contributed by atoms with Crippen molar-refractivity contribution < 1.29 is 23.1 Å². The maximum atomic E-state index is 11.5. The molecule has 0 radical (unpaired) electrons. The molecule has 0 saturated carbocycles. The van der Waals surface area contributed by atoms with Crippen LogP contribution in [0.2, 0.25) is 0 Å². The Morgan fingerprint density at radius 2 is 1.76 bits per heavy atom. The Hall–Kier alpha value is -1.35. The molecule has 0 aromatic carbocycles. The van der Waals surface area contributed by atoms with Crippen molar-refractivity contribution in [3.05, 3.63) is 0 Å². The van der Waals surface area contributed by atoms with E-state index in [-0.39, 0.29) is 32.0 Å². The lowest BCUT2D eigenvalue weighted by molar-refractivity contribution is -0.138. The molecule has 1 unspecified atom stereocenters. The molecule has 0 spiro atoms. The van der Waals surface area contributed by atoms with Gasteiger partial charge in [-0.25, -0.2) is 17.9 Å². The fourth-order valence-corrected chi connectivity index (χ4v) is 2.34. The first-order valence-electron chi connectivity index (χ1n) is 6.78. The van der Waals surface area contributed by atoms with Gasteiger partial charge in [-0.3, -0.25) is 4.79 Å². The van der Waals surface area contributed by atoms with Crippen LogP contribution in [0.3, 0.4) is 0 Å². The number of sulfonamides is 1. The molecule has 0 heterocycles. The Bertz CT molecular complexity index is 436. The third kappa shape index (κ3) is 13.4. The van der Waals surface area contributed by atoms with E-state index in [4.69, 9.17) is 5.11 Å². The third-order valence-electron chi connectivity index (χ3n) is 2.59. The summed E-state index contributed by atoms with van der Waals surface area (Å²) in [5.41, 5.74) is 0. The summed E-state index contributed by atoms with van der Waals surface area (Å²) in [6.07, 6.45) is 1.76. The van der Waals surface area contributed by atoms with Crippen molar-refractivity contribution in [1.82, 2.24) is 15.4 Å². The standard InChI is InChI=1S/C12H25N3O5S/c1-9(2)6-10(7-11(16)17)8-14-12(18)13-4-5-15-21(3,19)20/h9-10,15H,4-8H2,1-3H3,(H,16,17)(H2,13,14,18). The number of urea groups is 1. The molecular formula is C12H25N3O5S. The number of carboxylic acid groups (broad SMARTS) is 1. The smallest absolute Gasteiger partial charge is 0.314 e. The minimum Gasteiger partial charge on any atom is -0.481 e. The van der Waals surface area contributed by atoms with Crippen molar-refractivity contribution in [2.24, 2.45) is 11.8 Å². The first-order valence-corrected chi connectivity index (χ1v) is 8.67. The summed E-state index contributed by atoms with van der Waals surface area (Å²) in [7, 11) is -3.26. The number of carbonyl (C=O) groups is 2. The van der Waals surface area contributed by atoms with E-state index in [1.807, 2.05) is 13.8 Å². The second-order valence-electron chi connectivity index (χ2n) is 5.40. The summed E-state index contributed by atoms with van der Waals surface area (Å²) in [4.78, 5) is 22.2. The molecule has 0 aliphatic rings. The van der Waals surface area contributed by atoms with Crippen molar-refractivity contribution >= 4 is 22.0 Å². The highest BCUT2D eigenvalue weighted by molar-refractivity contribution is 7.88. The second kappa shape index (κ2) is 9.56. The molecule has 9 heteroatoms. The van der Waals surface area contributed by atoms with Crippen molar-refractivity contribution in [2.75, 3.05) is 25.9 Å². The van der Waals surface area contributed by atoms with E-state index in [1.165, 1.54) is 0 Å². The van der Waals surface area contributed by atoms with Crippen molar-refractivity contribution in [3.63, 3.8) is 0 Å². The van der Waals surface area contributed by atoms with Crippen LogP contribution in [0.5, 0.6) is 0 Å². The quantitative estimate of drug-likeness (QED) is 0.420. The van der Waals surface area contributed by atoms with Gasteiger partial charge in [0.25, 0.3) is 0 Å². The number of carboxylic acids is 1. The van der Waals surface area contributed by atoms with Gasteiger partial charge in [0.15, 0.2) is 0 Å². The molecule has 1 atom stereocenters. The van der Waals surface area contributed by atoms with Gasteiger partial charge < -0.3 is 15.7 Å². The summed E-state index contributed by atoms with van der Waals surface area (Å²) in [5.74, 6) is -0.666. The average Bonchev–Trinajstić information content (AvgIpc) is 2.29. The Balaban J connectivity index is 3.98. The molecular weight excluding hydrogens is 298 g/mol. The zero-order valence-electron chi connectivity index (χ0n) is 12.7. The molecule has 0 aliphatic carbocycles. The molecule has 0 saturated heterocycles. The van der Waals surface area contributed by atoms with Crippen LogP contribution in [0.4, 0.5) is 4.79 Å². The van der Waals surface area contributed by atoms with Crippen LogP contribution in [-0.4, -0.2) is 51.4 Å². The van der Waals surface area contributed by atoms with Crippen molar-refractivity contribution in [3.8, 4) is 0 Å². The van der Waals surface area contributed by atoms with Gasteiger partial charge in [-0.05, 0) is 18.3 Å². The summed E-state index contributed by atoms with van der Waals surface area (Å²) in [5, 5.41) is 13.9. The maximum Gasteiger partial charge on any atom is 0.314 e. The molecule has 0 aromatic heterocycles. The fourth-order valence-electron chi connectivity index (χ4n) is 1.86. The van der Waals surface area contributed by atoms with E-state index in [2.05, 4.69) is 15.4 Å². The predicted molar refractivity (Wildman–Crippen MR) is 79.4 cm³/mol. The minimum absolute atomic E-state index is 0.00803. The maximum absolute atomic E-state index is 11.5. The Morgan fingerprint density at radius 3 is 2.24 bits per heavy atom. The largest absolute Gasteiger partial charge is 0.481 e. The highest BCUT2D eigenvalue weighted by Gasteiger charge is 2.15. The van der Waals surface area contributed by atoms with Crippen LogP contribution in [0.25, 0.3) is 0 Å². The molecule has 4 N–H and O–H groups in total. The van der Waals surface area contributed by atoms with Crippen LogP contribution >= 0.6 is 0 Å². The third-order valence-corrected chi connectivity index (χ3v) is 3.32. The molecule has 124 valence electrons. The van der Waals surface area contributed by atoms with Gasteiger partial charge in [0.1, 0.15) is 0 Å². The Kier molecular flexibility index (Phi) is 8.95. The van der Waals surface area contributed by atoms with Gasteiger partial charge in [-0.15, -0.1) is 0 Å². The van der Waals surface area contributed by atoms with E-state index in [0.717, 1.165) is 6.26 Å². The van der Waals surface area contributed by atoms with Gasteiger partial charge in [0.2, 0.25) is 10.0 Å². The van der Waals surface area contributed by atoms with Crippen LogP contribution in [-0.2, 0) is 14.8 Å². The molecule has 8 nitrogen and oxygen atoms in total. The van der Waals surface area contributed by atoms with E-state index >= 15 is 0 Å². The number of amides is 2. The number of aliphatic carboxylic acids is 1. The summed E-state index contributed by atoms with van der Waals surface area (Å²) >= 11 is 0. The molecule has 2 amide bonds. The lowest BCUT2D eigenvalue weighted by atomic mass is 9.94. The highest BCUT2D eigenvalue weighted by Crippen LogP contribution is 2.14. The summed E-state index contributed by atoms with van der Waals surface area (Å²) in [6.45, 7) is 4.52. The molecule has 0 fully saturated rings. The van der Waals surface area contributed by atoms with E-state index < -0.39 is 22.0 Å². The first kappa shape index (κ1) is 19.7. The molecule has 0 bridgehead atoms. The first-order chi connectivity index (χ1) is 9.60. The summed E-state index contributed by atoms with van der Waals surface area (Å²) < 4.78 is 23.8. The normalized spacial score (nSPS) is 13.0. The van der Waals surface area contributed by atoms with Crippen LogP contribution in [0, 0.1) is 11.8 Å². The fraction of sp³-hybridized carbons (Fsp3) is 0.833. The van der Waals surface area contributed by atoms with Crippen molar-refractivity contribution in [1.29, 1.82) is 0 Å². The molecule has 0 rings (SSSR count). The van der Waals surface area contributed by atoms with E-state index in [0.29, 0.717) is 12.3 Å². The van der Waals surface area contributed by atoms with E-state index in [1.54, 1.807) is 0 Å². The zero-order chi connectivity index (χ0) is 16.5. The van der Waals surface area contributed by atoms with Gasteiger partial charge in [-0.1, -0.05) is 13.8 Å². The minimum atomic E-state index is -3.26. The average molecular weight is 323 g/mol. The van der Waals surface area contributed by atoms with Crippen molar-refractivity contribution in [2.45, 2.75) is 26.7 Å². The van der Waals surface area contributed by atoms with Gasteiger partial charge >= 0.3 is 12.0 Å². The lowest BCUT2D eigenvalue weighted by Gasteiger charge is -2.18. The monoisotopic (exact) mass is 323 g/mol. The van der Waals surface area contributed by atoms with Crippen LogP contribution in [0.1, 0.15) is 26.7 Å². The van der Waals surface area contributed by atoms with Gasteiger partial charge in [0.05, 0.1) is 6.26 Å². The summed E-state index contributed by atoms with van der Waals surface area (Å²) in [6, 6.07) is -0.440. The second-order valence-corrected chi connectivity index (χ2v) is 7.23. The van der Waals surface area contributed by atoms with Crippen LogP contribution in [0.15, 0.2) is 0 Å². The lowest BCUT2D eigenvalue weighted by Crippen LogP contribution is -2.42. The van der Waals surface area contributed by atoms with E-state index in [9.17, 15) is 18.0 Å².